The summed E-state index contributed by atoms with van der Waals surface area (Å²) in [5, 5.41) is 34.2. The lowest BCUT2D eigenvalue weighted by atomic mass is 9.87. The highest BCUT2D eigenvalue weighted by molar-refractivity contribution is 5.95. The molecule has 0 saturated heterocycles. The van der Waals surface area contributed by atoms with Crippen LogP contribution in [0.15, 0.2) is 109 Å². The standard InChI is InChI=1S/2C32H41N3O5/c1-21(2)17-24(18-30(36)37)33-32(38)26-19-27(35(34-26)25-15-13-22(3)14-16-25)31-28(39-4)11-8-12-29(31)40-20-23-9-6-5-7-10-23;1-22(2)17-25(18-30(36)37)33-32(38)26-19-27(35(34-26)20-23-11-6-4-7-12-23)31-28(39-3)15-10-16-29(31)40-21-24-13-8-5-9-14-24/h5-12,19,21-22,24-25H,13-18,20H2,1-4H3,(H,33,38)(H,36,37);5,8-10,13-16,19,22-23,25H,4,6-7,11-12,17-18,20-21H2,1-3H3,(H,33,38)(H,36,37)/t22?,24-,25?;25-/m00/s1. The van der Waals surface area contributed by atoms with Crippen LogP contribution in [-0.2, 0) is 29.3 Å². The Kier molecular flexibility index (Phi) is 22.2. The number of nitrogens with zero attached hydrogens (tertiary/aromatic N) is 4. The minimum Gasteiger partial charge on any atom is -0.496 e. The van der Waals surface area contributed by atoms with Gasteiger partial charge in [0.25, 0.3) is 11.8 Å². The number of methoxy groups -OCH3 is 2. The quantitative estimate of drug-likeness (QED) is 0.0423. The molecule has 16 heteroatoms. The normalized spacial score (nSPS) is 16.2. The molecule has 4 N–H and O–H groups in total. The molecule has 4 aromatic carbocycles. The van der Waals surface area contributed by atoms with Crippen molar-refractivity contribution < 1.29 is 48.3 Å². The zero-order valence-corrected chi connectivity index (χ0v) is 47.7. The second kappa shape index (κ2) is 29.6. The Labute approximate surface area is 471 Å². The van der Waals surface area contributed by atoms with Gasteiger partial charge in [-0.1, -0.05) is 127 Å². The number of aliphatic carboxylic acids is 2. The molecule has 2 aliphatic carbocycles. The van der Waals surface area contributed by atoms with Crippen molar-refractivity contribution in [1.29, 1.82) is 0 Å². The molecular formula is C64H82N6O10. The van der Waals surface area contributed by atoms with Crippen molar-refractivity contribution in [2.45, 2.75) is 156 Å². The lowest BCUT2D eigenvalue weighted by molar-refractivity contribution is -0.138. The Hall–Kier alpha value is -7.62. The van der Waals surface area contributed by atoms with E-state index in [0.29, 0.717) is 67.4 Å². The van der Waals surface area contributed by atoms with Crippen LogP contribution in [0.5, 0.6) is 23.0 Å². The minimum absolute atomic E-state index is 0.130. The zero-order chi connectivity index (χ0) is 57.1. The fourth-order valence-electron chi connectivity index (χ4n) is 11.0. The largest absolute Gasteiger partial charge is 0.496 e. The fraction of sp³-hybridized carbons (Fsp3) is 0.469. The van der Waals surface area contributed by atoms with Gasteiger partial charge in [-0.2, -0.15) is 10.2 Å². The van der Waals surface area contributed by atoms with E-state index in [4.69, 9.17) is 29.1 Å². The molecule has 16 nitrogen and oxygen atoms in total. The van der Waals surface area contributed by atoms with Crippen molar-refractivity contribution in [1.82, 2.24) is 30.2 Å². The van der Waals surface area contributed by atoms with E-state index in [0.717, 1.165) is 72.2 Å². The number of benzene rings is 4. The van der Waals surface area contributed by atoms with Gasteiger partial charge in [0.15, 0.2) is 11.4 Å². The molecule has 2 amide bonds. The van der Waals surface area contributed by atoms with E-state index < -0.39 is 24.0 Å². The second-order valence-electron chi connectivity index (χ2n) is 22.4. The van der Waals surface area contributed by atoms with Crippen LogP contribution in [0.3, 0.4) is 0 Å². The highest BCUT2D eigenvalue weighted by Crippen LogP contribution is 2.43. The van der Waals surface area contributed by atoms with E-state index in [1.165, 1.54) is 19.3 Å². The van der Waals surface area contributed by atoms with Crippen LogP contribution >= 0.6 is 0 Å². The topological polar surface area (TPSA) is 205 Å². The minimum atomic E-state index is -0.942. The van der Waals surface area contributed by atoms with Gasteiger partial charge in [-0.15, -0.1) is 0 Å². The SMILES string of the molecule is COc1cccc(OCc2ccccc2)c1-c1cc(C(=O)N[C@H](CC(=O)O)CC(C)C)nn1C1CCC(C)CC1.COc1cccc(OCc2ccccc2)c1-c1cc(C(=O)N[C@H](CC(=O)O)CC(C)C)nn1CC1CCCCC1. The van der Waals surface area contributed by atoms with Gasteiger partial charge in [-0.25, -0.2) is 0 Å². The van der Waals surface area contributed by atoms with Gasteiger partial charge < -0.3 is 39.8 Å². The second-order valence-corrected chi connectivity index (χ2v) is 22.4. The first-order chi connectivity index (χ1) is 38.6. The summed E-state index contributed by atoms with van der Waals surface area (Å²) in [6, 6.07) is 34.0. The Morgan fingerprint density at radius 1 is 0.575 bits per heavy atom. The number of rotatable bonds is 25. The van der Waals surface area contributed by atoms with Gasteiger partial charge in [0.05, 0.1) is 55.6 Å². The van der Waals surface area contributed by atoms with Gasteiger partial charge in [0.2, 0.25) is 0 Å². The van der Waals surface area contributed by atoms with Crippen molar-refractivity contribution in [3.63, 3.8) is 0 Å². The Balaban J connectivity index is 0.000000231. The summed E-state index contributed by atoms with van der Waals surface area (Å²) in [5.74, 6) is 1.50. The van der Waals surface area contributed by atoms with E-state index in [1.807, 2.05) is 134 Å². The molecule has 2 heterocycles. The molecule has 0 radical (unpaired) electrons. The summed E-state index contributed by atoms with van der Waals surface area (Å²) in [6.07, 6.45) is 10.8. The fourth-order valence-corrected chi connectivity index (χ4v) is 11.0. The maximum atomic E-state index is 13.5. The average Bonchev–Trinajstić information content (AvgIpc) is 4.08. The van der Waals surface area contributed by atoms with Crippen LogP contribution in [0.2, 0.25) is 0 Å². The number of amides is 2. The predicted molar refractivity (Wildman–Crippen MR) is 309 cm³/mol. The molecule has 428 valence electrons. The van der Waals surface area contributed by atoms with Crippen molar-refractivity contribution in [3.05, 3.63) is 132 Å². The Morgan fingerprint density at radius 2 is 1.02 bits per heavy atom. The van der Waals surface area contributed by atoms with Gasteiger partial charge in [0.1, 0.15) is 36.2 Å². The Morgan fingerprint density at radius 3 is 1.49 bits per heavy atom. The summed E-state index contributed by atoms with van der Waals surface area (Å²) in [5.41, 5.74) is 5.58. The first-order valence-corrected chi connectivity index (χ1v) is 28.5. The molecule has 80 heavy (non-hydrogen) atoms. The van der Waals surface area contributed by atoms with Gasteiger partial charge >= 0.3 is 11.9 Å². The molecule has 2 fully saturated rings. The van der Waals surface area contributed by atoms with Crippen molar-refractivity contribution in [3.8, 4) is 45.5 Å². The van der Waals surface area contributed by atoms with Crippen LogP contribution < -0.4 is 29.6 Å². The maximum absolute atomic E-state index is 13.5. The highest BCUT2D eigenvalue weighted by atomic mass is 16.5. The molecule has 2 saturated carbocycles. The highest BCUT2D eigenvalue weighted by Gasteiger charge is 2.30. The predicted octanol–water partition coefficient (Wildman–Crippen LogP) is 12.8. The zero-order valence-electron chi connectivity index (χ0n) is 47.7. The van der Waals surface area contributed by atoms with E-state index >= 15 is 0 Å². The maximum Gasteiger partial charge on any atom is 0.305 e. The number of carbonyl (C=O) groups is 4. The molecule has 2 aliphatic rings. The van der Waals surface area contributed by atoms with Gasteiger partial charge in [-0.3, -0.25) is 28.5 Å². The van der Waals surface area contributed by atoms with Gasteiger partial charge in [-0.05, 0) is 123 Å². The van der Waals surface area contributed by atoms with E-state index in [2.05, 4.69) is 17.6 Å². The number of carboxylic acids is 2. The summed E-state index contributed by atoms with van der Waals surface area (Å²) < 4.78 is 28.0. The van der Waals surface area contributed by atoms with E-state index in [1.54, 1.807) is 26.4 Å². The lowest BCUT2D eigenvalue weighted by Crippen LogP contribution is -2.37. The summed E-state index contributed by atoms with van der Waals surface area (Å²) in [7, 11) is 3.25. The van der Waals surface area contributed by atoms with Crippen LogP contribution in [0.4, 0.5) is 0 Å². The number of hydrogen-bond acceptors (Lipinski definition) is 10. The third-order valence-corrected chi connectivity index (χ3v) is 14.9. The van der Waals surface area contributed by atoms with Crippen molar-refractivity contribution >= 4 is 23.8 Å². The molecule has 8 rings (SSSR count). The number of ether oxygens (including phenoxy) is 4. The summed E-state index contributed by atoms with van der Waals surface area (Å²) >= 11 is 0. The first kappa shape index (κ1) is 60.0. The third-order valence-electron chi connectivity index (χ3n) is 14.9. The molecule has 0 unspecified atom stereocenters. The van der Waals surface area contributed by atoms with Crippen LogP contribution in [-0.4, -0.2) is 79.8 Å². The Bertz CT molecular complexity index is 2940. The number of carboxylic acid groups (broad SMARTS) is 2. The number of aromatic nitrogens is 4. The molecule has 0 spiro atoms. The number of carbonyl (C=O) groups excluding carboxylic acids is 2. The molecule has 2 atom stereocenters. The van der Waals surface area contributed by atoms with E-state index in [-0.39, 0.29) is 53.9 Å². The van der Waals surface area contributed by atoms with Crippen molar-refractivity contribution in [2.75, 3.05) is 14.2 Å². The molecule has 6 aromatic rings. The number of hydrogen-bond donors (Lipinski definition) is 4. The number of nitrogens with one attached hydrogen (secondary N) is 2. The lowest BCUT2D eigenvalue weighted by Gasteiger charge is -2.28. The van der Waals surface area contributed by atoms with Crippen LogP contribution in [0.25, 0.3) is 22.5 Å². The summed E-state index contributed by atoms with van der Waals surface area (Å²) in [4.78, 5) is 49.8. The smallest absolute Gasteiger partial charge is 0.305 e. The van der Waals surface area contributed by atoms with Crippen molar-refractivity contribution in [2.24, 2.45) is 23.7 Å². The van der Waals surface area contributed by atoms with Crippen LogP contribution in [0, 0.1) is 23.7 Å². The monoisotopic (exact) mass is 1090 g/mol. The molecular weight excluding hydrogens is 1010 g/mol. The van der Waals surface area contributed by atoms with E-state index in [9.17, 15) is 29.4 Å². The molecule has 0 aliphatic heterocycles. The third kappa shape index (κ3) is 17.2. The van der Waals surface area contributed by atoms with Gasteiger partial charge in [0, 0.05) is 18.6 Å². The van der Waals surface area contributed by atoms with Crippen LogP contribution in [0.1, 0.15) is 156 Å². The molecule has 0 bridgehead atoms. The first-order valence-electron chi connectivity index (χ1n) is 28.5. The molecule has 2 aromatic heterocycles. The average molecular weight is 1100 g/mol. The summed E-state index contributed by atoms with van der Waals surface area (Å²) in [6.45, 7) is 11.8.